The van der Waals surface area contributed by atoms with Crippen molar-refractivity contribution in [3.63, 3.8) is 0 Å². The number of aromatic nitrogens is 8. The van der Waals surface area contributed by atoms with Crippen molar-refractivity contribution in [2.45, 2.75) is 49.4 Å². The highest BCUT2D eigenvalue weighted by Gasteiger charge is 2.50. The van der Waals surface area contributed by atoms with E-state index in [1.165, 1.54) is 17.2 Å². The number of nitrogens with two attached hydrogens (primary N) is 2. The Bertz CT molecular complexity index is 1880. The number of hydrogen-bond acceptors (Lipinski definition) is 17. The fraction of sp³-hybridized carbons (Fsp3) is 0.500. The van der Waals surface area contributed by atoms with E-state index in [9.17, 15) is 29.0 Å². The molecule has 4 aromatic heterocycles. The Morgan fingerprint density at radius 1 is 0.956 bits per heavy atom. The topological polar surface area (TPSA) is 341 Å². The number of rotatable bonds is 10. The van der Waals surface area contributed by atoms with Crippen LogP contribution in [0.25, 0.3) is 22.3 Å². The van der Waals surface area contributed by atoms with Gasteiger partial charge in [0, 0.05) is 6.42 Å². The molecule has 0 bridgehead atoms. The number of H-pyrrole nitrogens is 1. The van der Waals surface area contributed by atoms with Crippen LogP contribution in [0.3, 0.4) is 0 Å². The molecule has 0 radical (unpaired) electrons. The highest BCUT2D eigenvalue weighted by Crippen LogP contribution is 2.50. The zero-order valence-electron chi connectivity index (χ0n) is 22.6. The summed E-state index contributed by atoms with van der Waals surface area (Å²) in [5.74, 6) is -0.189. The summed E-state index contributed by atoms with van der Waals surface area (Å²) in [5.41, 5.74) is 10.9. The van der Waals surface area contributed by atoms with Crippen LogP contribution in [0.2, 0.25) is 0 Å². The summed E-state index contributed by atoms with van der Waals surface area (Å²) >= 11 is 0. The lowest BCUT2D eigenvalue weighted by Crippen LogP contribution is -2.35. The van der Waals surface area contributed by atoms with Crippen LogP contribution in [0.4, 0.5) is 11.8 Å². The predicted molar refractivity (Wildman–Crippen MR) is 145 cm³/mol. The number of anilines is 2. The van der Waals surface area contributed by atoms with Gasteiger partial charge in [-0.05, 0) is 0 Å². The standard InChI is InChI=1S/C20H26N10O13P2/c21-14-10-15(24-4-23-14)29(5-25-10)18-8(31)1-7(41-18)2-40-45(37,38)43-13-12(32)9(3-39-44(34,35)36)42-19(13)30-6-26-11-16(30)27-20(22)28-17(11)33/h4-9,12-13,18-19,31-32H,1-3H2,(H,37,38)(H2,21,23,24)(H2,34,35,36)(H3,22,27,28,33)/t7?,8-,9-,12-,13-,18-,19-/m1/s1. The molecule has 6 rings (SSSR count). The molecule has 2 saturated heterocycles. The molecule has 2 aliphatic heterocycles. The lowest BCUT2D eigenvalue weighted by atomic mass is 10.1. The van der Waals surface area contributed by atoms with Crippen molar-refractivity contribution in [1.29, 1.82) is 0 Å². The summed E-state index contributed by atoms with van der Waals surface area (Å²) in [6.45, 7) is -1.43. The quantitative estimate of drug-likeness (QED) is 0.0814. The van der Waals surface area contributed by atoms with Crippen LogP contribution in [0.15, 0.2) is 23.8 Å². The average molecular weight is 676 g/mol. The van der Waals surface area contributed by atoms with Crippen molar-refractivity contribution in [3.8, 4) is 0 Å². The van der Waals surface area contributed by atoms with Crippen molar-refractivity contribution >= 4 is 49.7 Å². The van der Waals surface area contributed by atoms with Gasteiger partial charge >= 0.3 is 15.6 Å². The number of ether oxygens (including phenoxy) is 2. The van der Waals surface area contributed by atoms with Crippen LogP contribution < -0.4 is 17.0 Å². The van der Waals surface area contributed by atoms with Crippen molar-refractivity contribution in [3.05, 3.63) is 29.3 Å². The van der Waals surface area contributed by atoms with Gasteiger partial charge in [0.15, 0.2) is 35.1 Å². The Balaban J connectivity index is 1.19. The van der Waals surface area contributed by atoms with E-state index in [0.717, 1.165) is 10.9 Å². The van der Waals surface area contributed by atoms with E-state index in [-0.39, 0.29) is 40.5 Å². The van der Waals surface area contributed by atoms with Crippen LogP contribution >= 0.6 is 15.6 Å². The Hall–Kier alpha value is -3.44. The molecule has 25 heteroatoms. The molecule has 2 fully saturated rings. The normalized spacial score (nSPS) is 28.7. The highest BCUT2D eigenvalue weighted by molar-refractivity contribution is 7.47. The first-order valence-electron chi connectivity index (χ1n) is 12.9. The molecular formula is C20H26N10O13P2. The van der Waals surface area contributed by atoms with Crippen LogP contribution in [0.1, 0.15) is 18.9 Å². The predicted octanol–water partition coefficient (Wildman–Crippen LogP) is -2.36. The average Bonchev–Trinajstić information content (AvgIpc) is 3.72. The van der Waals surface area contributed by atoms with Crippen molar-refractivity contribution in [2.24, 2.45) is 0 Å². The van der Waals surface area contributed by atoms with E-state index in [0.29, 0.717) is 0 Å². The second-order valence-electron chi connectivity index (χ2n) is 9.99. The molecule has 244 valence electrons. The van der Waals surface area contributed by atoms with Gasteiger partial charge in [0.2, 0.25) is 5.95 Å². The lowest BCUT2D eigenvalue weighted by Gasteiger charge is -2.24. The van der Waals surface area contributed by atoms with E-state index < -0.39 is 77.4 Å². The highest BCUT2D eigenvalue weighted by atomic mass is 31.2. The molecule has 45 heavy (non-hydrogen) atoms. The molecule has 6 heterocycles. The second kappa shape index (κ2) is 11.7. The minimum absolute atomic E-state index is 0.0346. The van der Waals surface area contributed by atoms with E-state index in [2.05, 4.69) is 34.4 Å². The SMILES string of the molecule is Nc1nc2c(ncn2[C@@H]2O[C@H](COP(=O)(O)O)[C@@H](O)[C@H]2OP(=O)(O)OCC2C[C@@H](O)[C@H](n3cnc4c(N)ncnc43)O2)c(=O)[nH]1. The number of phosphoric acid groups is 2. The number of aromatic amines is 1. The third-order valence-corrected chi connectivity index (χ3v) is 8.42. The van der Waals surface area contributed by atoms with Crippen molar-refractivity contribution in [1.82, 2.24) is 39.0 Å². The minimum Gasteiger partial charge on any atom is -0.388 e. The minimum atomic E-state index is -5.07. The number of nitrogens with zero attached hydrogens (tertiary/aromatic N) is 7. The van der Waals surface area contributed by atoms with E-state index in [4.69, 9.17) is 39.8 Å². The summed E-state index contributed by atoms with van der Waals surface area (Å²) in [6, 6.07) is 0. The fourth-order valence-electron chi connectivity index (χ4n) is 5.00. The Morgan fingerprint density at radius 2 is 1.67 bits per heavy atom. The monoisotopic (exact) mass is 676 g/mol. The third kappa shape index (κ3) is 6.34. The number of aliphatic hydroxyl groups excluding tert-OH is 2. The molecule has 2 unspecified atom stereocenters. The number of nitrogen functional groups attached to an aromatic ring is 2. The van der Waals surface area contributed by atoms with Crippen LogP contribution in [0.5, 0.6) is 0 Å². The first kappa shape index (κ1) is 31.5. The number of imidazole rings is 2. The van der Waals surface area contributed by atoms with E-state index in [1.54, 1.807) is 0 Å². The summed E-state index contributed by atoms with van der Waals surface area (Å²) in [5, 5.41) is 21.5. The van der Waals surface area contributed by atoms with E-state index in [1.807, 2.05) is 0 Å². The second-order valence-corrected chi connectivity index (χ2v) is 12.6. The van der Waals surface area contributed by atoms with Crippen molar-refractivity contribution in [2.75, 3.05) is 24.7 Å². The van der Waals surface area contributed by atoms with Crippen LogP contribution in [-0.2, 0) is 32.2 Å². The van der Waals surface area contributed by atoms with Gasteiger partial charge in [-0.3, -0.25) is 32.5 Å². The zero-order valence-corrected chi connectivity index (χ0v) is 24.4. The first-order chi connectivity index (χ1) is 21.2. The number of hydrogen-bond donors (Lipinski definition) is 8. The van der Waals surface area contributed by atoms with Gasteiger partial charge in [0.25, 0.3) is 5.56 Å². The number of phosphoric ester groups is 2. The first-order valence-corrected chi connectivity index (χ1v) is 15.9. The van der Waals surface area contributed by atoms with Gasteiger partial charge < -0.3 is 45.8 Å². The fourth-order valence-corrected chi connectivity index (χ4v) is 6.29. The summed E-state index contributed by atoms with van der Waals surface area (Å²) < 4.78 is 53.2. The van der Waals surface area contributed by atoms with Crippen LogP contribution in [-0.4, -0.2) is 108 Å². The summed E-state index contributed by atoms with van der Waals surface area (Å²) in [4.78, 5) is 63.3. The Labute approximate surface area is 249 Å². The molecule has 23 nitrogen and oxygen atoms in total. The molecule has 0 saturated carbocycles. The number of nitrogens with one attached hydrogen (secondary N) is 1. The van der Waals surface area contributed by atoms with Gasteiger partial charge in [-0.15, -0.1) is 0 Å². The molecular weight excluding hydrogens is 650 g/mol. The summed E-state index contributed by atoms with van der Waals surface area (Å²) in [7, 11) is -10.1. The molecule has 4 aromatic rings. The van der Waals surface area contributed by atoms with Crippen molar-refractivity contribution < 1.29 is 57.1 Å². The molecule has 0 aromatic carbocycles. The maximum Gasteiger partial charge on any atom is 0.472 e. The Kier molecular flexibility index (Phi) is 8.22. The van der Waals surface area contributed by atoms with Gasteiger partial charge in [-0.2, -0.15) is 4.98 Å². The lowest BCUT2D eigenvalue weighted by molar-refractivity contribution is -0.0587. The van der Waals surface area contributed by atoms with Gasteiger partial charge in [0.05, 0.1) is 32.0 Å². The maximum atomic E-state index is 13.1. The van der Waals surface area contributed by atoms with Crippen LogP contribution in [0, 0.1) is 0 Å². The molecule has 8 atom stereocenters. The van der Waals surface area contributed by atoms with E-state index >= 15 is 0 Å². The zero-order chi connectivity index (χ0) is 32.3. The maximum absolute atomic E-state index is 13.1. The molecule has 0 aliphatic carbocycles. The molecule has 10 N–H and O–H groups in total. The Morgan fingerprint density at radius 3 is 2.40 bits per heavy atom. The molecule has 0 spiro atoms. The molecule has 0 amide bonds. The van der Waals surface area contributed by atoms with Gasteiger partial charge in [-0.1, -0.05) is 0 Å². The van der Waals surface area contributed by atoms with Gasteiger partial charge in [-0.25, -0.2) is 29.1 Å². The number of fused-ring (bicyclic) bond motifs is 2. The smallest absolute Gasteiger partial charge is 0.388 e. The molecule has 2 aliphatic rings. The largest absolute Gasteiger partial charge is 0.472 e. The van der Waals surface area contributed by atoms with Gasteiger partial charge in [0.1, 0.15) is 36.3 Å². The summed E-state index contributed by atoms with van der Waals surface area (Å²) in [6.07, 6.45) is -6.11. The number of aliphatic hydroxyl groups is 2. The third-order valence-electron chi connectivity index (χ3n) is 6.95.